The molecule has 0 unspecified atom stereocenters. The number of anilines is 2. The van der Waals surface area contributed by atoms with Gasteiger partial charge in [0.2, 0.25) is 0 Å². The van der Waals surface area contributed by atoms with Gasteiger partial charge >= 0.3 is 0 Å². The molecule has 4 rings (SSSR count). The zero-order chi connectivity index (χ0) is 18.8. The number of benzene rings is 1. The van der Waals surface area contributed by atoms with Gasteiger partial charge in [-0.25, -0.2) is 4.98 Å². The maximum Gasteiger partial charge on any atom is 0.186 e. The number of piperazine rings is 1. The number of allylic oxidation sites excluding steroid dienone is 4. The fourth-order valence-electron chi connectivity index (χ4n) is 3.42. The summed E-state index contributed by atoms with van der Waals surface area (Å²) in [5, 5.41) is 0.940. The molecule has 0 radical (unpaired) electrons. The minimum absolute atomic E-state index is 0.0789. The van der Waals surface area contributed by atoms with Crippen molar-refractivity contribution in [3.05, 3.63) is 58.6 Å². The zero-order valence-electron chi connectivity index (χ0n) is 15.5. The Morgan fingerprint density at radius 2 is 2.07 bits per heavy atom. The monoisotopic (exact) mass is 380 g/mol. The summed E-state index contributed by atoms with van der Waals surface area (Å²) in [6.07, 6.45) is 9.26. The molecule has 27 heavy (non-hydrogen) atoms. The molecule has 140 valence electrons. The van der Waals surface area contributed by atoms with Crippen LogP contribution in [0.1, 0.15) is 27.2 Å². The summed E-state index contributed by atoms with van der Waals surface area (Å²) < 4.78 is 0. The molecule has 2 N–H and O–H groups in total. The van der Waals surface area contributed by atoms with Crippen molar-refractivity contribution in [2.45, 2.75) is 12.8 Å². The van der Waals surface area contributed by atoms with E-state index in [1.807, 2.05) is 12.1 Å². The van der Waals surface area contributed by atoms with Crippen LogP contribution in [0.4, 0.5) is 10.8 Å². The minimum Gasteiger partial charge on any atom is -0.398 e. The number of likely N-dealkylation sites (N-methyl/N-ethyl adjacent to an activating group) is 1. The van der Waals surface area contributed by atoms with Gasteiger partial charge in [0.05, 0.1) is 11.1 Å². The van der Waals surface area contributed by atoms with E-state index in [-0.39, 0.29) is 5.78 Å². The largest absolute Gasteiger partial charge is 0.398 e. The molecule has 1 fully saturated rings. The molecule has 6 heteroatoms. The first kappa shape index (κ1) is 17.9. The molecule has 1 aliphatic carbocycles. The third-order valence-corrected chi connectivity index (χ3v) is 6.28. The second kappa shape index (κ2) is 7.66. The van der Waals surface area contributed by atoms with Crippen molar-refractivity contribution in [2.75, 3.05) is 43.9 Å². The van der Waals surface area contributed by atoms with Gasteiger partial charge in [0.25, 0.3) is 0 Å². The Labute approximate surface area is 163 Å². The third kappa shape index (κ3) is 3.96. The van der Waals surface area contributed by atoms with Crippen molar-refractivity contribution in [3.63, 3.8) is 0 Å². The van der Waals surface area contributed by atoms with Crippen LogP contribution < -0.4 is 10.6 Å². The molecule has 0 amide bonds. The Bertz CT molecular complexity index is 907. The normalized spacial score (nSPS) is 17.4. The second-order valence-corrected chi connectivity index (χ2v) is 8.14. The lowest BCUT2D eigenvalue weighted by atomic mass is 9.98. The first-order valence-electron chi connectivity index (χ1n) is 9.27. The van der Waals surface area contributed by atoms with E-state index in [0.29, 0.717) is 17.0 Å². The number of nitrogens with zero attached hydrogens (tertiary/aromatic N) is 3. The molecule has 2 heterocycles. The first-order valence-corrected chi connectivity index (χ1v) is 10.1. The van der Waals surface area contributed by atoms with Gasteiger partial charge in [-0.15, -0.1) is 0 Å². The Balaban J connectivity index is 1.47. The van der Waals surface area contributed by atoms with E-state index < -0.39 is 0 Å². The standard InChI is InChI=1S/C21H24N4OS/c1-24-8-10-25(11-9-24)21-23-14-20(27-21)19(26)13-17-12-16(6-7-18(17)22)15-4-2-3-5-15/h2-4,6-7,12,14H,5,8-11,13,22H2,1H3. The van der Waals surface area contributed by atoms with Crippen molar-refractivity contribution < 1.29 is 4.79 Å². The summed E-state index contributed by atoms with van der Waals surface area (Å²) >= 11 is 1.49. The van der Waals surface area contributed by atoms with E-state index in [1.165, 1.54) is 16.9 Å². The lowest BCUT2D eigenvalue weighted by Gasteiger charge is -2.32. The maximum atomic E-state index is 12.8. The number of nitrogen functional groups attached to an aromatic ring is 1. The molecule has 1 saturated heterocycles. The fourth-order valence-corrected chi connectivity index (χ4v) is 4.32. The van der Waals surface area contributed by atoms with Crippen LogP contribution in [0.25, 0.3) is 5.57 Å². The molecule has 5 nitrogen and oxygen atoms in total. The van der Waals surface area contributed by atoms with Crippen molar-refractivity contribution in [1.82, 2.24) is 9.88 Å². The van der Waals surface area contributed by atoms with Crippen LogP contribution >= 0.6 is 11.3 Å². The zero-order valence-corrected chi connectivity index (χ0v) is 16.3. The smallest absolute Gasteiger partial charge is 0.186 e. The molecule has 0 spiro atoms. The van der Waals surface area contributed by atoms with Gasteiger partial charge in [0.15, 0.2) is 10.9 Å². The quantitative estimate of drug-likeness (QED) is 0.637. The van der Waals surface area contributed by atoms with Crippen molar-refractivity contribution in [2.24, 2.45) is 0 Å². The van der Waals surface area contributed by atoms with Crippen molar-refractivity contribution in [1.29, 1.82) is 0 Å². The second-order valence-electron chi connectivity index (χ2n) is 7.14. The summed E-state index contributed by atoms with van der Waals surface area (Å²) in [4.78, 5) is 22.6. The average Bonchev–Trinajstić information content (AvgIpc) is 3.36. The summed E-state index contributed by atoms with van der Waals surface area (Å²) in [6, 6.07) is 5.98. The Morgan fingerprint density at radius 3 is 2.81 bits per heavy atom. The minimum atomic E-state index is 0.0789. The maximum absolute atomic E-state index is 12.8. The molecular weight excluding hydrogens is 356 g/mol. The van der Waals surface area contributed by atoms with E-state index in [0.717, 1.165) is 48.9 Å². The average molecular weight is 381 g/mol. The molecule has 1 aliphatic heterocycles. The Hall–Kier alpha value is -2.44. The van der Waals surface area contributed by atoms with E-state index >= 15 is 0 Å². The van der Waals surface area contributed by atoms with Gasteiger partial charge in [0, 0.05) is 38.3 Å². The van der Waals surface area contributed by atoms with Gasteiger partial charge in [-0.1, -0.05) is 35.6 Å². The third-order valence-electron chi connectivity index (χ3n) is 5.18. The van der Waals surface area contributed by atoms with E-state index in [2.05, 4.69) is 46.1 Å². The first-order chi connectivity index (χ1) is 13.1. The molecule has 1 aromatic carbocycles. The van der Waals surface area contributed by atoms with E-state index in [1.54, 1.807) is 6.20 Å². The number of nitrogens with two attached hydrogens (primary N) is 1. The van der Waals surface area contributed by atoms with Gasteiger partial charge < -0.3 is 15.5 Å². The Morgan fingerprint density at radius 1 is 1.26 bits per heavy atom. The highest BCUT2D eigenvalue weighted by molar-refractivity contribution is 7.17. The van der Waals surface area contributed by atoms with Crippen LogP contribution in [0, 0.1) is 0 Å². The van der Waals surface area contributed by atoms with Gasteiger partial charge in [-0.2, -0.15) is 0 Å². The Kier molecular flexibility index (Phi) is 5.09. The number of rotatable bonds is 5. The molecule has 0 bridgehead atoms. The number of hydrogen-bond donors (Lipinski definition) is 1. The highest BCUT2D eigenvalue weighted by Gasteiger charge is 2.20. The van der Waals surface area contributed by atoms with Crippen LogP contribution in [0.2, 0.25) is 0 Å². The molecule has 0 saturated carbocycles. The highest BCUT2D eigenvalue weighted by atomic mass is 32.1. The number of aromatic nitrogens is 1. The molecular formula is C21H24N4OS. The van der Waals surface area contributed by atoms with Crippen molar-refractivity contribution >= 4 is 33.5 Å². The predicted octanol–water partition coefficient (Wildman–Crippen LogP) is 3.25. The van der Waals surface area contributed by atoms with Gasteiger partial charge in [0.1, 0.15) is 0 Å². The summed E-state index contributed by atoms with van der Waals surface area (Å²) in [7, 11) is 2.13. The lowest BCUT2D eigenvalue weighted by molar-refractivity contribution is 0.0997. The van der Waals surface area contributed by atoms with Crippen LogP contribution in [-0.2, 0) is 6.42 Å². The molecule has 2 aromatic rings. The van der Waals surface area contributed by atoms with Crippen LogP contribution in [-0.4, -0.2) is 48.9 Å². The molecule has 2 aliphatic rings. The number of carbonyl (C=O) groups excluding carboxylic acids is 1. The van der Waals surface area contributed by atoms with Crippen LogP contribution in [0.15, 0.2) is 42.6 Å². The van der Waals surface area contributed by atoms with Gasteiger partial charge in [-0.3, -0.25) is 4.79 Å². The molecule has 0 atom stereocenters. The number of carbonyl (C=O) groups is 1. The number of Topliss-reactive ketones (excluding diaryl/α,β-unsaturated/α-hetero) is 1. The summed E-state index contributed by atoms with van der Waals surface area (Å²) in [6.45, 7) is 3.96. The SMILES string of the molecule is CN1CCN(c2ncc(C(=O)Cc3cc(C4=CC=CC4)ccc3N)s2)CC1. The summed E-state index contributed by atoms with van der Waals surface area (Å²) in [5.41, 5.74) is 10.1. The highest BCUT2D eigenvalue weighted by Crippen LogP contribution is 2.28. The number of hydrogen-bond acceptors (Lipinski definition) is 6. The summed E-state index contributed by atoms with van der Waals surface area (Å²) in [5.74, 6) is 0.0789. The predicted molar refractivity (Wildman–Crippen MR) is 112 cm³/mol. The van der Waals surface area contributed by atoms with E-state index in [4.69, 9.17) is 5.73 Å². The van der Waals surface area contributed by atoms with Crippen LogP contribution in [0.3, 0.4) is 0 Å². The topological polar surface area (TPSA) is 62.5 Å². The number of thiazole rings is 1. The van der Waals surface area contributed by atoms with Crippen LogP contribution in [0.5, 0.6) is 0 Å². The van der Waals surface area contributed by atoms with Gasteiger partial charge in [-0.05, 0) is 42.3 Å². The molecule has 1 aromatic heterocycles. The lowest BCUT2D eigenvalue weighted by Crippen LogP contribution is -2.44. The van der Waals surface area contributed by atoms with Crippen molar-refractivity contribution in [3.8, 4) is 0 Å². The number of ketones is 1. The fraction of sp³-hybridized carbons (Fsp3) is 0.333. The van der Waals surface area contributed by atoms with E-state index in [9.17, 15) is 4.79 Å².